The van der Waals surface area contributed by atoms with Gasteiger partial charge in [-0.25, -0.2) is 0 Å². The standard InChI is InChI=1S/C24H24N2O3/c1-2-26(20-13-7-4-8-14-20)23(27)18-29-22-16-10-9-15-21(22)24(28)25-17-19-11-5-3-6-12-19/h3-16H,2,17-18H2,1H3,(H,25,28). The van der Waals surface area contributed by atoms with Crippen LogP contribution in [-0.4, -0.2) is 25.0 Å². The van der Waals surface area contributed by atoms with E-state index in [1.54, 1.807) is 29.2 Å². The minimum absolute atomic E-state index is 0.147. The van der Waals surface area contributed by atoms with Crippen molar-refractivity contribution in [2.24, 2.45) is 0 Å². The summed E-state index contributed by atoms with van der Waals surface area (Å²) >= 11 is 0. The molecule has 3 aromatic rings. The topological polar surface area (TPSA) is 58.6 Å². The fourth-order valence-corrected chi connectivity index (χ4v) is 2.98. The van der Waals surface area contributed by atoms with Crippen molar-refractivity contribution in [2.75, 3.05) is 18.1 Å². The van der Waals surface area contributed by atoms with Crippen molar-refractivity contribution in [2.45, 2.75) is 13.5 Å². The number of anilines is 1. The molecule has 0 bridgehead atoms. The van der Waals surface area contributed by atoms with Crippen LogP contribution in [0.15, 0.2) is 84.9 Å². The zero-order chi connectivity index (χ0) is 20.5. The molecular weight excluding hydrogens is 364 g/mol. The Morgan fingerprint density at radius 2 is 1.48 bits per heavy atom. The van der Waals surface area contributed by atoms with Crippen molar-refractivity contribution < 1.29 is 14.3 Å². The first-order valence-corrected chi connectivity index (χ1v) is 9.58. The predicted octanol–water partition coefficient (Wildman–Crippen LogP) is 4.05. The number of hydrogen-bond donors (Lipinski definition) is 1. The van der Waals surface area contributed by atoms with Crippen molar-refractivity contribution in [3.8, 4) is 5.75 Å². The number of nitrogens with zero attached hydrogens (tertiary/aromatic N) is 1. The highest BCUT2D eigenvalue weighted by Crippen LogP contribution is 2.19. The molecule has 0 aliphatic rings. The van der Waals surface area contributed by atoms with Crippen LogP contribution in [0, 0.1) is 0 Å². The summed E-state index contributed by atoms with van der Waals surface area (Å²) < 4.78 is 5.72. The Morgan fingerprint density at radius 3 is 2.17 bits per heavy atom. The largest absolute Gasteiger partial charge is 0.483 e. The van der Waals surface area contributed by atoms with Crippen LogP contribution in [0.3, 0.4) is 0 Å². The molecule has 5 nitrogen and oxygen atoms in total. The van der Waals surface area contributed by atoms with Gasteiger partial charge in [-0.2, -0.15) is 0 Å². The van der Waals surface area contributed by atoms with Crippen molar-refractivity contribution in [1.82, 2.24) is 5.32 Å². The number of carbonyl (C=O) groups excluding carboxylic acids is 2. The molecule has 0 spiro atoms. The zero-order valence-corrected chi connectivity index (χ0v) is 16.4. The molecule has 0 aliphatic carbocycles. The Balaban J connectivity index is 1.64. The molecule has 0 aliphatic heterocycles. The smallest absolute Gasteiger partial charge is 0.264 e. The van der Waals surface area contributed by atoms with Crippen LogP contribution >= 0.6 is 0 Å². The van der Waals surface area contributed by atoms with E-state index >= 15 is 0 Å². The SMILES string of the molecule is CCN(C(=O)COc1ccccc1C(=O)NCc1ccccc1)c1ccccc1. The quantitative estimate of drug-likeness (QED) is 0.633. The van der Waals surface area contributed by atoms with Crippen LogP contribution in [0.4, 0.5) is 5.69 Å². The highest BCUT2D eigenvalue weighted by Gasteiger charge is 2.17. The fourth-order valence-electron chi connectivity index (χ4n) is 2.98. The number of likely N-dealkylation sites (N-methyl/N-ethyl adjacent to an activating group) is 1. The van der Waals surface area contributed by atoms with Gasteiger partial charge in [0, 0.05) is 18.8 Å². The van der Waals surface area contributed by atoms with Gasteiger partial charge in [0.05, 0.1) is 5.56 Å². The van der Waals surface area contributed by atoms with Gasteiger partial charge < -0.3 is 15.0 Å². The van der Waals surface area contributed by atoms with Gasteiger partial charge in [-0.15, -0.1) is 0 Å². The minimum Gasteiger partial charge on any atom is -0.483 e. The second-order valence-electron chi connectivity index (χ2n) is 6.43. The van der Waals surface area contributed by atoms with E-state index in [-0.39, 0.29) is 18.4 Å². The lowest BCUT2D eigenvalue weighted by Gasteiger charge is -2.21. The lowest BCUT2D eigenvalue weighted by atomic mass is 10.1. The summed E-state index contributed by atoms with van der Waals surface area (Å²) in [6, 6.07) is 26.1. The second kappa shape index (κ2) is 10.1. The van der Waals surface area contributed by atoms with E-state index in [1.807, 2.05) is 67.6 Å². The molecule has 0 aromatic heterocycles. The van der Waals surface area contributed by atoms with Crippen LogP contribution in [0.2, 0.25) is 0 Å². The van der Waals surface area contributed by atoms with E-state index in [0.717, 1.165) is 11.3 Å². The zero-order valence-electron chi connectivity index (χ0n) is 16.4. The summed E-state index contributed by atoms with van der Waals surface area (Å²) in [5, 5.41) is 2.89. The molecule has 29 heavy (non-hydrogen) atoms. The lowest BCUT2D eigenvalue weighted by Crippen LogP contribution is -2.35. The summed E-state index contributed by atoms with van der Waals surface area (Å²) in [6.45, 7) is 2.72. The number of hydrogen-bond acceptors (Lipinski definition) is 3. The molecule has 0 atom stereocenters. The molecule has 0 heterocycles. The average Bonchev–Trinajstić information content (AvgIpc) is 2.78. The van der Waals surface area contributed by atoms with E-state index in [4.69, 9.17) is 4.74 Å². The first kappa shape index (κ1) is 20.1. The summed E-state index contributed by atoms with van der Waals surface area (Å²) in [5.74, 6) is -0.0268. The van der Waals surface area contributed by atoms with Crippen molar-refractivity contribution in [1.29, 1.82) is 0 Å². The number of para-hydroxylation sites is 2. The van der Waals surface area contributed by atoms with Gasteiger partial charge in [0.25, 0.3) is 11.8 Å². The van der Waals surface area contributed by atoms with Crippen LogP contribution in [0.25, 0.3) is 0 Å². The van der Waals surface area contributed by atoms with Crippen molar-refractivity contribution in [3.63, 3.8) is 0 Å². The Bertz CT molecular complexity index is 943. The molecule has 0 saturated carbocycles. The van der Waals surface area contributed by atoms with Gasteiger partial charge in [0.2, 0.25) is 0 Å². The molecule has 1 N–H and O–H groups in total. The van der Waals surface area contributed by atoms with Gasteiger partial charge in [-0.3, -0.25) is 9.59 Å². The second-order valence-corrected chi connectivity index (χ2v) is 6.43. The molecule has 3 rings (SSSR count). The lowest BCUT2D eigenvalue weighted by molar-refractivity contribution is -0.120. The third kappa shape index (κ3) is 5.45. The monoisotopic (exact) mass is 388 g/mol. The molecule has 3 aromatic carbocycles. The fraction of sp³-hybridized carbons (Fsp3) is 0.167. The molecule has 0 saturated heterocycles. The summed E-state index contributed by atoms with van der Waals surface area (Å²) in [7, 11) is 0. The summed E-state index contributed by atoms with van der Waals surface area (Å²) in [4.78, 5) is 26.9. The summed E-state index contributed by atoms with van der Waals surface area (Å²) in [5.41, 5.74) is 2.23. The molecule has 0 unspecified atom stereocenters. The van der Waals surface area contributed by atoms with E-state index < -0.39 is 0 Å². The Morgan fingerprint density at radius 1 is 0.862 bits per heavy atom. The van der Waals surface area contributed by atoms with E-state index in [2.05, 4.69) is 5.32 Å². The van der Waals surface area contributed by atoms with Crippen molar-refractivity contribution >= 4 is 17.5 Å². The van der Waals surface area contributed by atoms with E-state index in [0.29, 0.717) is 24.4 Å². The van der Waals surface area contributed by atoms with E-state index in [1.165, 1.54) is 0 Å². The maximum Gasteiger partial charge on any atom is 0.264 e. The van der Waals surface area contributed by atoms with Crippen molar-refractivity contribution in [3.05, 3.63) is 96.1 Å². The van der Waals surface area contributed by atoms with Crippen LogP contribution in [0.1, 0.15) is 22.8 Å². The highest BCUT2D eigenvalue weighted by atomic mass is 16.5. The number of amides is 2. The maximum atomic E-state index is 12.6. The highest BCUT2D eigenvalue weighted by molar-refractivity contribution is 5.97. The molecule has 2 amide bonds. The van der Waals surface area contributed by atoms with Crippen LogP contribution in [-0.2, 0) is 11.3 Å². The molecule has 148 valence electrons. The number of rotatable bonds is 8. The Labute approximate surface area is 170 Å². The average molecular weight is 388 g/mol. The van der Waals surface area contributed by atoms with Gasteiger partial charge in [0.1, 0.15) is 5.75 Å². The van der Waals surface area contributed by atoms with Crippen LogP contribution < -0.4 is 15.0 Å². The third-order valence-corrected chi connectivity index (χ3v) is 4.46. The van der Waals surface area contributed by atoms with Gasteiger partial charge in [-0.1, -0.05) is 60.7 Å². The number of carbonyl (C=O) groups is 2. The Hall–Kier alpha value is -3.60. The van der Waals surface area contributed by atoms with E-state index in [9.17, 15) is 9.59 Å². The molecule has 0 radical (unpaired) electrons. The first-order valence-electron chi connectivity index (χ1n) is 9.58. The Kier molecular flexibility index (Phi) is 7.00. The third-order valence-electron chi connectivity index (χ3n) is 4.46. The van der Waals surface area contributed by atoms with Crippen LogP contribution in [0.5, 0.6) is 5.75 Å². The number of ether oxygens (including phenoxy) is 1. The first-order chi connectivity index (χ1) is 14.2. The molecule has 0 fully saturated rings. The number of benzene rings is 3. The maximum absolute atomic E-state index is 12.6. The minimum atomic E-state index is -0.243. The molecular formula is C24H24N2O3. The molecule has 5 heteroatoms. The number of nitrogens with one attached hydrogen (secondary N) is 1. The normalized spacial score (nSPS) is 10.2. The van der Waals surface area contributed by atoms with Gasteiger partial charge in [0.15, 0.2) is 6.61 Å². The van der Waals surface area contributed by atoms with Gasteiger partial charge in [-0.05, 0) is 36.8 Å². The summed E-state index contributed by atoms with van der Waals surface area (Å²) in [6.07, 6.45) is 0. The predicted molar refractivity (Wildman–Crippen MR) is 114 cm³/mol. The van der Waals surface area contributed by atoms with Gasteiger partial charge >= 0.3 is 0 Å².